The summed E-state index contributed by atoms with van der Waals surface area (Å²) in [6, 6.07) is 17.6. The van der Waals surface area contributed by atoms with E-state index in [1.807, 2.05) is 60.7 Å². The van der Waals surface area contributed by atoms with Crippen molar-refractivity contribution in [2.75, 3.05) is 26.4 Å². The molecule has 2 rings (SSSR count). The van der Waals surface area contributed by atoms with Crippen LogP contribution in [-0.4, -0.2) is 50.4 Å². The third kappa shape index (κ3) is 9.65. The van der Waals surface area contributed by atoms with Gasteiger partial charge < -0.3 is 25.7 Å². The quantitative estimate of drug-likeness (QED) is 0.401. The summed E-state index contributed by atoms with van der Waals surface area (Å²) in [5.41, 5.74) is 13.6. The maximum atomic E-state index is 11.9. The summed E-state index contributed by atoms with van der Waals surface area (Å²) in [5.74, 6) is -0.952. The molecule has 0 aromatic heterocycles. The summed E-state index contributed by atoms with van der Waals surface area (Å²) < 4.78 is 15.5. The maximum Gasteiger partial charge on any atom is 0.323 e. The summed E-state index contributed by atoms with van der Waals surface area (Å²) in [6.45, 7) is 0.556. The second-order valence-corrected chi connectivity index (χ2v) is 6.54. The number of benzene rings is 2. The summed E-state index contributed by atoms with van der Waals surface area (Å²) in [7, 11) is 0. The molecule has 2 aromatic rings. The van der Waals surface area contributed by atoms with Crippen LogP contribution in [0.3, 0.4) is 0 Å². The Bertz CT molecular complexity index is 676. The van der Waals surface area contributed by atoms with Gasteiger partial charge in [-0.1, -0.05) is 68.1 Å². The highest BCUT2D eigenvalue weighted by Gasteiger charge is 2.16. The molecule has 2 unspecified atom stereocenters. The number of hydrogen-bond acceptors (Lipinski definition) is 7. The minimum Gasteiger partial charge on any atom is -0.462 e. The molecule has 0 amide bonds. The number of ether oxygens (including phenoxy) is 3. The molecular weight excluding hydrogens is 384 g/mol. The largest absolute Gasteiger partial charge is 0.462 e. The smallest absolute Gasteiger partial charge is 0.323 e. The van der Waals surface area contributed by atoms with Crippen molar-refractivity contribution in [1.82, 2.24) is 0 Å². The zero-order valence-electron chi connectivity index (χ0n) is 16.4. The van der Waals surface area contributed by atoms with Gasteiger partial charge in [0.2, 0.25) is 0 Å². The maximum absolute atomic E-state index is 11.9. The molecule has 0 aliphatic carbocycles. The number of rotatable bonds is 12. The van der Waals surface area contributed by atoms with Crippen LogP contribution in [0.2, 0.25) is 0 Å². The van der Waals surface area contributed by atoms with Crippen molar-refractivity contribution in [2.24, 2.45) is 11.5 Å². The molecule has 7 heteroatoms. The van der Waals surface area contributed by atoms with Gasteiger partial charge in [-0.3, -0.25) is 9.59 Å². The third-order valence-electron chi connectivity index (χ3n) is 4.15. The van der Waals surface area contributed by atoms with Gasteiger partial charge in [-0.25, -0.2) is 0 Å². The number of carbonyl (C=O) groups is 2. The van der Waals surface area contributed by atoms with Gasteiger partial charge in [0.15, 0.2) is 0 Å². The average Bonchev–Trinajstić information content (AvgIpc) is 2.74. The first-order valence-electron chi connectivity index (χ1n) is 9.56. The van der Waals surface area contributed by atoms with Crippen LogP contribution in [0.15, 0.2) is 60.7 Å². The molecule has 30 heavy (non-hydrogen) atoms. The van der Waals surface area contributed by atoms with E-state index < -0.39 is 24.0 Å². The van der Waals surface area contributed by atoms with E-state index in [2.05, 4.69) is 0 Å². The molecule has 2 atom stereocenters. The van der Waals surface area contributed by atoms with Crippen molar-refractivity contribution in [2.45, 2.75) is 32.4 Å². The van der Waals surface area contributed by atoms with Crippen molar-refractivity contribution in [3.63, 3.8) is 0 Å². The van der Waals surface area contributed by atoms with E-state index in [0.29, 0.717) is 12.8 Å². The van der Waals surface area contributed by atoms with Crippen molar-refractivity contribution in [3.05, 3.63) is 71.8 Å². The van der Waals surface area contributed by atoms with Crippen LogP contribution in [0.5, 0.6) is 0 Å². The Morgan fingerprint density at radius 3 is 1.40 bits per heavy atom. The van der Waals surface area contributed by atoms with Crippen LogP contribution >= 0.6 is 0 Å². The number of hydrogen-bond donors (Lipinski definition) is 2. The molecule has 0 fully saturated rings. The van der Waals surface area contributed by atoms with E-state index in [9.17, 15) is 9.59 Å². The highest BCUT2D eigenvalue weighted by atomic mass is 16.6. The van der Waals surface area contributed by atoms with E-state index in [-0.39, 0.29) is 33.9 Å². The predicted octanol–water partition coefficient (Wildman–Crippen LogP) is 1.87. The Hall–Kier alpha value is -2.74. The predicted molar refractivity (Wildman–Crippen MR) is 116 cm³/mol. The minimum atomic E-state index is -0.718. The Morgan fingerprint density at radius 2 is 1.03 bits per heavy atom. The molecule has 0 aliphatic heterocycles. The van der Waals surface area contributed by atoms with Gasteiger partial charge in [-0.2, -0.15) is 0 Å². The Balaban J connectivity index is 0.00000450. The van der Waals surface area contributed by atoms with Gasteiger partial charge in [-0.15, -0.1) is 0 Å². The van der Waals surface area contributed by atoms with E-state index in [1.165, 1.54) is 0 Å². The number of nitrogens with two attached hydrogens (primary N) is 2. The summed E-state index contributed by atoms with van der Waals surface area (Å²) in [6.07, 6.45) is 0.833. The molecule has 0 heterocycles. The normalized spacial score (nSPS) is 12.3. The van der Waals surface area contributed by atoms with Gasteiger partial charge in [0.1, 0.15) is 25.3 Å². The monoisotopic (exact) mass is 416 g/mol. The fourth-order valence-electron chi connectivity index (χ4n) is 2.62. The zero-order chi connectivity index (χ0) is 20.9. The van der Waals surface area contributed by atoms with Crippen molar-refractivity contribution in [3.8, 4) is 0 Å². The van der Waals surface area contributed by atoms with Gasteiger partial charge >= 0.3 is 11.9 Å². The van der Waals surface area contributed by atoms with E-state index >= 15 is 0 Å². The zero-order valence-corrected chi connectivity index (χ0v) is 16.4. The summed E-state index contributed by atoms with van der Waals surface area (Å²) in [4.78, 5) is 23.7. The Kier molecular flexibility index (Phi) is 12.0. The first-order chi connectivity index (χ1) is 14.1. The van der Waals surface area contributed by atoms with E-state index in [0.717, 1.165) is 11.1 Å². The summed E-state index contributed by atoms with van der Waals surface area (Å²) >= 11 is 0. The SMILES string of the molecule is C.NC(Cc1ccccc1)C(=O)OCCOCCOC(=O)C(N)Cc1ccccc1. The molecular formula is C23H32N2O5. The van der Waals surface area contributed by atoms with Crippen LogP contribution in [0.1, 0.15) is 18.6 Å². The van der Waals surface area contributed by atoms with Gasteiger partial charge in [0.05, 0.1) is 13.2 Å². The van der Waals surface area contributed by atoms with Gasteiger partial charge in [0.25, 0.3) is 0 Å². The van der Waals surface area contributed by atoms with Gasteiger partial charge in [-0.05, 0) is 24.0 Å². The van der Waals surface area contributed by atoms with Crippen LogP contribution in [0, 0.1) is 0 Å². The lowest BCUT2D eigenvalue weighted by Crippen LogP contribution is -2.35. The molecule has 0 radical (unpaired) electrons. The fraction of sp³-hybridized carbons (Fsp3) is 0.391. The fourth-order valence-corrected chi connectivity index (χ4v) is 2.62. The third-order valence-corrected chi connectivity index (χ3v) is 4.15. The lowest BCUT2D eigenvalue weighted by atomic mass is 10.1. The standard InChI is InChI=1S/C22H28N2O5.CH4/c23-19(15-17-7-3-1-4-8-17)21(25)28-13-11-27-12-14-29-22(26)20(24)16-18-9-5-2-6-10-18;/h1-10,19-20H,11-16,23-24H2;1H4. The highest BCUT2D eigenvalue weighted by Crippen LogP contribution is 2.04. The average molecular weight is 417 g/mol. The highest BCUT2D eigenvalue weighted by molar-refractivity contribution is 5.76. The first-order valence-corrected chi connectivity index (χ1v) is 9.56. The molecule has 7 nitrogen and oxygen atoms in total. The lowest BCUT2D eigenvalue weighted by molar-refractivity contribution is -0.148. The van der Waals surface area contributed by atoms with E-state index in [4.69, 9.17) is 25.7 Å². The second kappa shape index (κ2) is 14.3. The van der Waals surface area contributed by atoms with Crippen LogP contribution in [0.25, 0.3) is 0 Å². The molecule has 0 saturated carbocycles. The van der Waals surface area contributed by atoms with Crippen LogP contribution < -0.4 is 11.5 Å². The molecule has 0 aliphatic rings. The number of esters is 2. The molecule has 4 N–H and O–H groups in total. The van der Waals surface area contributed by atoms with Crippen LogP contribution in [0.4, 0.5) is 0 Å². The first kappa shape index (κ1) is 25.3. The lowest BCUT2D eigenvalue weighted by Gasteiger charge is -2.13. The topological polar surface area (TPSA) is 114 Å². The molecule has 0 saturated heterocycles. The Morgan fingerprint density at radius 1 is 0.667 bits per heavy atom. The van der Waals surface area contributed by atoms with Crippen molar-refractivity contribution < 1.29 is 23.8 Å². The second-order valence-electron chi connectivity index (χ2n) is 6.54. The van der Waals surface area contributed by atoms with Gasteiger partial charge in [0, 0.05) is 0 Å². The molecule has 0 bridgehead atoms. The van der Waals surface area contributed by atoms with Crippen molar-refractivity contribution >= 4 is 11.9 Å². The molecule has 2 aromatic carbocycles. The Labute approximate surface area is 178 Å². The number of carbonyl (C=O) groups excluding carboxylic acids is 2. The molecule has 164 valence electrons. The van der Waals surface area contributed by atoms with E-state index in [1.54, 1.807) is 0 Å². The summed E-state index contributed by atoms with van der Waals surface area (Å²) in [5, 5.41) is 0. The minimum absolute atomic E-state index is 0. The van der Waals surface area contributed by atoms with Crippen LogP contribution in [-0.2, 0) is 36.6 Å². The molecule has 0 spiro atoms. The van der Waals surface area contributed by atoms with Crippen molar-refractivity contribution in [1.29, 1.82) is 0 Å².